The topological polar surface area (TPSA) is 84.9 Å². The molecule has 0 atom stereocenters. The van der Waals surface area contributed by atoms with Crippen molar-refractivity contribution in [3.8, 4) is 11.5 Å². The van der Waals surface area contributed by atoms with E-state index >= 15 is 0 Å². The molecule has 1 saturated carbocycles. The largest absolute Gasteiger partial charge is 0.493 e. The van der Waals surface area contributed by atoms with E-state index in [9.17, 15) is 22.0 Å². The number of methoxy groups -OCH3 is 2. The highest BCUT2D eigenvalue weighted by Crippen LogP contribution is 2.33. The number of nitrogens with zero attached hydrogens (tertiary/aromatic N) is 1. The fourth-order valence-electron chi connectivity index (χ4n) is 3.82. The molecule has 10 heteroatoms. The van der Waals surface area contributed by atoms with Crippen LogP contribution in [0.4, 0.5) is 14.5 Å². The van der Waals surface area contributed by atoms with Crippen LogP contribution < -0.4 is 14.8 Å². The van der Waals surface area contributed by atoms with Crippen molar-refractivity contribution >= 4 is 21.6 Å². The van der Waals surface area contributed by atoms with Crippen molar-refractivity contribution in [1.82, 2.24) is 4.31 Å². The Labute approximate surface area is 186 Å². The highest BCUT2D eigenvalue weighted by molar-refractivity contribution is 7.89. The summed E-state index contributed by atoms with van der Waals surface area (Å²) in [6.45, 7) is -0.530. The van der Waals surface area contributed by atoms with Gasteiger partial charge in [-0.25, -0.2) is 17.2 Å². The van der Waals surface area contributed by atoms with E-state index in [-0.39, 0.29) is 22.4 Å². The van der Waals surface area contributed by atoms with Gasteiger partial charge in [-0.15, -0.1) is 0 Å². The smallest absolute Gasteiger partial charge is 0.243 e. The van der Waals surface area contributed by atoms with Gasteiger partial charge in [0.2, 0.25) is 15.9 Å². The number of rotatable bonds is 8. The number of ether oxygens (including phenoxy) is 2. The number of hydrogen-bond acceptors (Lipinski definition) is 5. The first-order valence-electron chi connectivity index (χ1n) is 10.2. The number of halogens is 2. The maximum Gasteiger partial charge on any atom is 0.243 e. The SMILES string of the molecule is COc1ccc(S(=O)(=O)N(CC(=O)Nc2cc(F)ccc2F)C2CCCCC2)cc1OC. The van der Waals surface area contributed by atoms with Crippen molar-refractivity contribution in [2.45, 2.75) is 43.0 Å². The first-order chi connectivity index (χ1) is 15.3. The van der Waals surface area contributed by atoms with Gasteiger partial charge in [0.15, 0.2) is 11.5 Å². The Bertz CT molecular complexity index is 1070. The molecule has 2 aromatic carbocycles. The Morgan fingerprint density at radius 2 is 1.72 bits per heavy atom. The second-order valence-electron chi connectivity index (χ2n) is 7.53. The van der Waals surface area contributed by atoms with Crippen LogP contribution in [-0.4, -0.2) is 45.4 Å². The summed E-state index contributed by atoms with van der Waals surface area (Å²) in [4.78, 5) is 12.6. The van der Waals surface area contributed by atoms with Crippen LogP contribution in [0.3, 0.4) is 0 Å². The number of nitrogens with one attached hydrogen (secondary N) is 1. The van der Waals surface area contributed by atoms with Gasteiger partial charge in [-0.2, -0.15) is 4.31 Å². The van der Waals surface area contributed by atoms with E-state index < -0.39 is 34.1 Å². The average molecular weight is 469 g/mol. The highest BCUT2D eigenvalue weighted by Gasteiger charge is 2.34. The lowest BCUT2D eigenvalue weighted by Crippen LogP contribution is -2.45. The number of amides is 1. The van der Waals surface area contributed by atoms with Crippen molar-refractivity contribution in [3.63, 3.8) is 0 Å². The van der Waals surface area contributed by atoms with Gasteiger partial charge in [0.25, 0.3) is 0 Å². The predicted octanol–water partition coefficient (Wildman–Crippen LogP) is 3.94. The third-order valence-corrected chi connectivity index (χ3v) is 7.34. The summed E-state index contributed by atoms with van der Waals surface area (Å²) in [5, 5.41) is 2.28. The molecular weight excluding hydrogens is 442 g/mol. The molecule has 174 valence electrons. The predicted molar refractivity (Wildman–Crippen MR) is 115 cm³/mol. The molecule has 0 radical (unpaired) electrons. The van der Waals surface area contributed by atoms with Crippen LogP contribution in [-0.2, 0) is 14.8 Å². The molecule has 3 rings (SSSR count). The number of benzene rings is 2. The van der Waals surface area contributed by atoms with Crippen molar-refractivity contribution in [2.75, 3.05) is 26.1 Å². The Kier molecular flexibility index (Phi) is 7.68. The second-order valence-corrected chi connectivity index (χ2v) is 9.42. The molecule has 1 amide bonds. The maximum absolute atomic E-state index is 13.9. The fraction of sp³-hybridized carbons (Fsp3) is 0.409. The van der Waals surface area contributed by atoms with Crippen LogP contribution in [0, 0.1) is 11.6 Å². The zero-order valence-corrected chi connectivity index (χ0v) is 18.8. The zero-order valence-electron chi connectivity index (χ0n) is 17.9. The summed E-state index contributed by atoms with van der Waals surface area (Å²) in [5.41, 5.74) is -0.345. The van der Waals surface area contributed by atoms with E-state index in [1.54, 1.807) is 0 Å². The van der Waals surface area contributed by atoms with E-state index in [2.05, 4.69) is 5.32 Å². The molecule has 1 N–H and O–H groups in total. The minimum absolute atomic E-state index is 0.0505. The Hall–Kier alpha value is -2.72. The third-order valence-electron chi connectivity index (χ3n) is 5.45. The van der Waals surface area contributed by atoms with E-state index in [0.717, 1.165) is 41.8 Å². The van der Waals surface area contributed by atoms with Crippen LogP contribution in [0.25, 0.3) is 0 Å². The van der Waals surface area contributed by atoms with Gasteiger partial charge in [0, 0.05) is 18.2 Å². The van der Waals surface area contributed by atoms with Crippen LogP contribution in [0.15, 0.2) is 41.3 Å². The zero-order chi connectivity index (χ0) is 23.3. The molecule has 0 heterocycles. The van der Waals surface area contributed by atoms with Crippen molar-refractivity contribution in [2.24, 2.45) is 0 Å². The standard InChI is InChI=1S/C22H26F2N2O5S/c1-30-20-11-9-17(13-21(20)31-2)32(28,29)26(16-6-4-3-5-7-16)14-22(27)25-19-12-15(23)8-10-18(19)24/h8-13,16H,3-7,14H2,1-2H3,(H,25,27). The Balaban J connectivity index is 1.91. The third kappa shape index (κ3) is 5.36. The van der Waals surface area contributed by atoms with Gasteiger partial charge in [-0.1, -0.05) is 19.3 Å². The quantitative estimate of drug-likeness (QED) is 0.634. The second kappa shape index (κ2) is 10.3. The number of hydrogen-bond donors (Lipinski definition) is 1. The van der Waals surface area contributed by atoms with Gasteiger partial charge in [-0.3, -0.25) is 4.79 Å². The van der Waals surface area contributed by atoms with Gasteiger partial charge in [-0.05, 0) is 37.1 Å². The Morgan fingerprint density at radius 3 is 2.38 bits per heavy atom. The first-order valence-corrected chi connectivity index (χ1v) is 11.7. The lowest BCUT2D eigenvalue weighted by molar-refractivity contribution is -0.116. The van der Waals surface area contributed by atoms with Crippen LogP contribution in [0.5, 0.6) is 11.5 Å². The van der Waals surface area contributed by atoms with E-state index in [1.165, 1.54) is 32.4 Å². The monoisotopic (exact) mass is 468 g/mol. The summed E-state index contributed by atoms with van der Waals surface area (Å²) < 4.78 is 66.0. The van der Waals surface area contributed by atoms with Crippen LogP contribution in [0.2, 0.25) is 0 Å². The van der Waals surface area contributed by atoms with Crippen molar-refractivity contribution < 1.29 is 31.5 Å². The summed E-state index contributed by atoms with van der Waals surface area (Å²) in [6.07, 6.45) is 3.87. The minimum atomic E-state index is -4.09. The van der Waals surface area contributed by atoms with Crippen molar-refractivity contribution in [1.29, 1.82) is 0 Å². The molecule has 0 bridgehead atoms. The average Bonchev–Trinajstić information content (AvgIpc) is 2.79. The molecule has 1 aliphatic carbocycles. The molecule has 0 spiro atoms. The summed E-state index contributed by atoms with van der Waals surface area (Å²) in [5.74, 6) is -1.68. The molecule has 1 fully saturated rings. The normalized spacial score (nSPS) is 14.9. The van der Waals surface area contributed by atoms with Crippen LogP contribution in [0.1, 0.15) is 32.1 Å². The highest BCUT2D eigenvalue weighted by atomic mass is 32.2. The molecule has 32 heavy (non-hydrogen) atoms. The maximum atomic E-state index is 13.9. The van der Waals surface area contributed by atoms with Gasteiger partial charge < -0.3 is 14.8 Å². The minimum Gasteiger partial charge on any atom is -0.493 e. The van der Waals surface area contributed by atoms with Crippen LogP contribution >= 0.6 is 0 Å². The lowest BCUT2D eigenvalue weighted by Gasteiger charge is -2.33. The van der Waals surface area contributed by atoms with Gasteiger partial charge in [0.05, 0.1) is 31.3 Å². The van der Waals surface area contributed by atoms with Crippen molar-refractivity contribution in [3.05, 3.63) is 48.0 Å². The fourth-order valence-corrected chi connectivity index (χ4v) is 5.47. The molecule has 0 aliphatic heterocycles. The number of sulfonamides is 1. The molecule has 0 saturated heterocycles. The number of anilines is 1. The van der Waals surface area contributed by atoms with Gasteiger partial charge >= 0.3 is 0 Å². The summed E-state index contributed by atoms with van der Waals surface area (Å²) in [6, 6.07) is 6.49. The molecular formula is C22H26F2N2O5S. The molecule has 0 aromatic heterocycles. The first kappa shape index (κ1) is 23.9. The molecule has 0 unspecified atom stereocenters. The summed E-state index contributed by atoms with van der Waals surface area (Å²) in [7, 11) is -1.26. The molecule has 2 aromatic rings. The van der Waals surface area contributed by atoms with Gasteiger partial charge in [0.1, 0.15) is 11.6 Å². The van der Waals surface area contributed by atoms with E-state index in [4.69, 9.17) is 9.47 Å². The molecule has 7 nitrogen and oxygen atoms in total. The summed E-state index contributed by atoms with van der Waals surface area (Å²) >= 11 is 0. The van der Waals surface area contributed by atoms with E-state index in [1.807, 2.05) is 0 Å². The van der Waals surface area contributed by atoms with E-state index in [0.29, 0.717) is 18.6 Å². The number of carbonyl (C=O) groups excluding carboxylic acids is 1. The lowest BCUT2D eigenvalue weighted by atomic mass is 9.95. The number of carbonyl (C=O) groups is 1. The molecule has 1 aliphatic rings. The Morgan fingerprint density at radius 1 is 1.03 bits per heavy atom.